The standard InChI is InChI=1S/C10H17NO3/c1-2-14-10(13)8-5-3-7(11)4-6-9(8)12/h7-8H,2-6,11H2,1H3. The van der Waals surface area contributed by atoms with Gasteiger partial charge in [0, 0.05) is 12.5 Å². The van der Waals surface area contributed by atoms with Crippen molar-refractivity contribution in [2.45, 2.75) is 38.6 Å². The first-order valence-corrected chi connectivity index (χ1v) is 5.10. The second-order valence-electron chi connectivity index (χ2n) is 3.65. The van der Waals surface area contributed by atoms with E-state index in [2.05, 4.69) is 0 Å². The van der Waals surface area contributed by atoms with Crippen molar-refractivity contribution in [3.05, 3.63) is 0 Å². The van der Waals surface area contributed by atoms with Crippen molar-refractivity contribution in [1.82, 2.24) is 0 Å². The zero-order valence-electron chi connectivity index (χ0n) is 8.49. The monoisotopic (exact) mass is 199 g/mol. The topological polar surface area (TPSA) is 69.4 Å². The van der Waals surface area contributed by atoms with Crippen molar-refractivity contribution in [2.24, 2.45) is 11.7 Å². The lowest BCUT2D eigenvalue weighted by Crippen LogP contribution is -2.25. The SMILES string of the molecule is CCOC(=O)C1CCC(N)CCC1=O. The maximum Gasteiger partial charge on any atom is 0.316 e. The summed E-state index contributed by atoms with van der Waals surface area (Å²) < 4.78 is 4.84. The van der Waals surface area contributed by atoms with Gasteiger partial charge in [0.1, 0.15) is 11.7 Å². The molecule has 0 heterocycles. The second kappa shape index (κ2) is 5.10. The molecule has 0 aromatic heterocycles. The predicted molar refractivity (Wildman–Crippen MR) is 51.6 cm³/mol. The number of nitrogens with two attached hydrogens (primary N) is 1. The molecular formula is C10H17NO3. The summed E-state index contributed by atoms with van der Waals surface area (Å²) in [5.74, 6) is -0.966. The van der Waals surface area contributed by atoms with Gasteiger partial charge >= 0.3 is 5.97 Å². The Labute approximate surface area is 83.8 Å². The largest absolute Gasteiger partial charge is 0.465 e. The van der Waals surface area contributed by atoms with Crippen LogP contribution in [0, 0.1) is 5.92 Å². The number of hydrogen-bond acceptors (Lipinski definition) is 4. The molecular weight excluding hydrogens is 182 g/mol. The van der Waals surface area contributed by atoms with E-state index in [-0.39, 0.29) is 17.8 Å². The summed E-state index contributed by atoms with van der Waals surface area (Å²) in [7, 11) is 0. The molecule has 1 aliphatic rings. The van der Waals surface area contributed by atoms with Crippen molar-refractivity contribution in [1.29, 1.82) is 0 Å². The van der Waals surface area contributed by atoms with E-state index in [1.807, 2.05) is 0 Å². The molecule has 4 heteroatoms. The van der Waals surface area contributed by atoms with E-state index in [0.717, 1.165) is 6.42 Å². The molecule has 0 spiro atoms. The van der Waals surface area contributed by atoms with Crippen LogP contribution in [0.15, 0.2) is 0 Å². The van der Waals surface area contributed by atoms with Gasteiger partial charge in [-0.15, -0.1) is 0 Å². The van der Waals surface area contributed by atoms with E-state index in [1.165, 1.54) is 0 Å². The number of esters is 1. The maximum absolute atomic E-state index is 11.5. The normalized spacial score (nSPS) is 28.3. The van der Waals surface area contributed by atoms with Crippen LogP contribution in [0.3, 0.4) is 0 Å². The van der Waals surface area contributed by atoms with Crippen LogP contribution >= 0.6 is 0 Å². The molecule has 4 nitrogen and oxygen atoms in total. The Morgan fingerprint density at radius 1 is 1.50 bits per heavy atom. The van der Waals surface area contributed by atoms with Crippen molar-refractivity contribution in [2.75, 3.05) is 6.61 Å². The maximum atomic E-state index is 11.5. The summed E-state index contributed by atoms with van der Waals surface area (Å²) >= 11 is 0. The molecule has 0 aromatic carbocycles. The molecule has 0 saturated heterocycles. The lowest BCUT2D eigenvalue weighted by molar-refractivity contribution is -0.151. The zero-order valence-corrected chi connectivity index (χ0v) is 8.49. The van der Waals surface area contributed by atoms with Crippen LogP contribution in [0.5, 0.6) is 0 Å². The molecule has 0 radical (unpaired) electrons. The number of Topliss-reactive ketones (excluding diaryl/α,β-unsaturated/α-hetero) is 1. The van der Waals surface area contributed by atoms with Crippen molar-refractivity contribution in [3.8, 4) is 0 Å². The van der Waals surface area contributed by atoms with Crippen molar-refractivity contribution >= 4 is 11.8 Å². The highest BCUT2D eigenvalue weighted by molar-refractivity contribution is 5.99. The first-order valence-electron chi connectivity index (χ1n) is 5.10. The number of carbonyl (C=O) groups excluding carboxylic acids is 2. The number of ketones is 1. The highest BCUT2D eigenvalue weighted by Crippen LogP contribution is 2.20. The Bertz CT molecular complexity index is 219. The van der Waals surface area contributed by atoms with Gasteiger partial charge < -0.3 is 10.5 Å². The summed E-state index contributed by atoms with van der Waals surface area (Å²) in [6.07, 6.45) is 2.37. The second-order valence-corrected chi connectivity index (χ2v) is 3.65. The Hall–Kier alpha value is -0.900. The van der Waals surface area contributed by atoms with E-state index in [4.69, 9.17) is 10.5 Å². The molecule has 1 rings (SSSR count). The molecule has 1 aliphatic carbocycles. The molecule has 14 heavy (non-hydrogen) atoms. The number of carbonyl (C=O) groups is 2. The third-order valence-corrected chi connectivity index (χ3v) is 2.55. The molecule has 1 saturated carbocycles. The quantitative estimate of drug-likeness (QED) is 0.402. The third-order valence-electron chi connectivity index (χ3n) is 2.55. The Morgan fingerprint density at radius 2 is 2.21 bits per heavy atom. The fourth-order valence-corrected chi connectivity index (χ4v) is 1.68. The van der Waals surface area contributed by atoms with E-state index in [0.29, 0.717) is 25.9 Å². The van der Waals surface area contributed by atoms with Gasteiger partial charge in [0.15, 0.2) is 0 Å². The minimum atomic E-state index is -0.566. The molecule has 0 aliphatic heterocycles. The van der Waals surface area contributed by atoms with Gasteiger partial charge in [0.25, 0.3) is 0 Å². The predicted octanol–water partition coefficient (Wildman–Crippen LogP) is 0.636. The summed E-state index contributed by atoms with van der Waals surface area (Å²) in [4.78, 5) is 22.9. The number of rotatable bonds is 2. The summed E-state index contributed by atoms with van der Waals surface area (Å²) in [6, 6.07) is 0.0541. The highest BCUT2D eigenvalue weighted by atomic mass is 16.5. The van der Waals surface area contributed by atoms with Crippen LogP contribution in [0.4, 0.5) is 0 Å². The van der Waals surface area contributed by atoms with Gasteiger partial charge in [-0.25, -0.2) is 0 Å². The van der Waals surface area contributed by atoms with E-state index in [1.54, 1.807) is 6.92 Å². The first-order chi connectivity index (χ1) is 6.65. The Kier molecular flexibility index (Phi) is 4.07. The molecule has 0 bridgehead atoms. The molecule has 80 valence electrons. The molecule has 0 aromatic rings. The Morgan fingerprint density at radius 3 is 2.86 bits per heavy atom. The summed E-state index contributed by atoms with van der Waals surface area (Å²) in [6.45, 7) is 2.07. The van der Waals surface area contributed by atoms with Gasteiger partial charge in [-0.2, -0.15) is 0 Å². The van der Waals surface area contributed by atoms with Crippen LogP contribution < -0.4 is 5.73 Å². The lowest BCUT2D eigenvalue weighted by Gasteiger charge is -2.11. The number of hydrogen-bond donors (Lipinski definition) is 1. The summed E-state index contributed by atoms with van der Waals surface area (Å²) in [5, 5.41) is 0. The van der Waals surface area contributed by atoms with E-state index in [9.17, 15) is 9.59 Å². The average Bonchev–Trinajstić information content (AvgIpc) is 2.30. The number of ether oxygens (including phenoxy) is 1. The smallest absolute Gasteiger partial charge is 0.316 e. The van der Waals surface area contributed by atoms with Crippen LogP contribution in [0.2, 0.25) is 0 Å². The van der Waals surface area contributed by atoms with E-state index < -0.39 is 5.92 Å². The minimum absolute atomic E-state index is 0.0172. The zero-order chi connectivity index (χ0) is 10.6. The van der Waals surface area contributed by atoms with Crippen LogP contribution in [-0.2, 0) is 14.3 Å². The van der Waals surface area contributed by atoms with Crippen molar-refractivity contribution in [3.63, 3.8) is 0 Å². The Balaban J connectivity index is 2.57. The molecule has 2 atom stereocenters. The fraction of sp³-hybridized carbons (Fsp3) is 0.800. The van der Waals surface area contributed by atoms with Gasteiger partial charge in [0.05, 0.1) is 6.61 Å². The third kappa shape index (κ3) is 2.80. The van der Waals surface area contributed by atoms with Crippen LogP contribution in [0.25, 0.3) is 0 Å². The minimum Gasteiger partial charge on any atom is -0.465 e. The molecule has 2 N–H and O–H groups in total. The van der Waals surface area contributed by atoms with Crippen LogP contribution in [-0.4, -0.2) is 24.4 Å². The lowest BCUT2D eigenvalue weighted by atomic mass is 9.99. The van der Waals surface area contributed by atoms with Crippen LogP contribution in [0.1, 0.15) is 32.6 Å². The first kappa shape index (κ1) is 11.2. The van der Waals surface area contributed by atoms with Gasteiger partial charge in [-0.05, 0) is 26.2 Å². The highest BCUT2D eigenvalue weighted by Gasteiger charge is 2.30. The van der Waals surface area contributed by atoms with Gasteiger partial charge in [-0.1, -0.05) is 0 Å². The van der Waals surface area contributed by atoms with E-state index >= 15 is 0 Å². The molecule has 1 fully saturated rings. The van der Waals surface area contributed by atoms with Gasteiger partial charge in [0.2, 0.25) is 0 Å². The molecule has 2 unspecified atom stereocenters. The van der Waals surface area contributed by atoms with Gasteiger partial charge in [-0.3, -0.25) is 9.59 Å². The fourth-order valence-electron chi connectivity index (χ4n) is 1.68. The summed E-state index contributed by atoms with van der Waals surface area (Å²) in [5.41, 5.74) is 5.73. The average molecular weight is 199 g/mol. The van der Waals surface area contributed by atoms with Crippen molar-refractivity contribution < 1.29 is 14.3 Å². The molecule has 0 amide bonds.